The highest BCUT2D eigenvalue weighted by atomic mass is 32.1. The first-order valence-corrected chi connectivity index (χ1v) is 13.4. The van der Waals surface area contributed by atoms with Gasteiger partial charge in [-0.05, 0) is 57.9 Å². The van der Waals surface area contributed by atoms with Gasteiger partial charge in [0.2, 0.25) is 5.96 Å². The Bertz CT molecular complexity index is 1130. The van der Waals surface area contributed by atoms with Crippen molar-refractivity contribution in [2.75, 3.05) is 19.6 Å². The topological polar surface area (TPSA) is 141 Å². The molecule has 2 aromatic rings. The van der Waals surface area contributed by atoms with Crippen LogP contribution in [0, 0.1) is 13.8 Å². The number of aryl methyl sites for hydroxylation is 2. The Morgan fingerprint density at radius 3 is 2.23 bits per heavy atom. The third kappa shape index (κ3) is 7.43. The zero-order valence-corrected chi connectivity index (χ0v) is 22.0. The van der Waals surface area contributed by atoms with Crippen molar-refractivity contribution in [3.05, 3.63) is 43.8 Å². The first-order valence-electron chi connectivity index (χ1n) is 11.8. The normalized spacial score (nSPS) is 19.6. The van der Waals surface area contributed by atoms with Gasteiger partial charge in [-0.15, -0.1) is 22.7 Å². The minimum atomic E-state index is -0.276. The molecule has 0 saturated heterocycles. The summed E-state index contributed by atoms with van der Waals surface area (Å²) < 4.78 is 0. The van der Waals surface area contributed by atoms with Crippen LogP contribution in [-0.4, -0.2) is 60.7 Å². The maximum absolute atomic E-state index is 6.06. The molecule has 2 unspecified atom stereocenters. The number of guanidine groups is 4. The Morgan fingerprint density at radius 1 is 0.886 bits per heavy atom. The molecule has 2 aliphatic heterocycles. The highest BCUT2D eigenvalue weighted by Crippen LogP contribution is 2.17. The molecular formula is C23H34N10S2. The molecule has 0 saturated carbocycles. The first kappa shape index (κ1) is 25.0. The second kappa shape index (κ2) is 11.5. The number of nitrogens with one attached hydrogen (secondary N) is 3. The molecule has 2 aliphatic rings. The molecule has 0 aliphatic carbocycles. The molecule has 2 atom stereocenters. The van der Waals surface area contributed by atoms with Gasteiger partial charge >= 0.3 is 0 Å². The van der Waals surface area contributed by atoms with Gasteiger partial charge in [-0.25, -0.2) is 20.0 Å². The number of aliphatic imine (C=N–C) groups is 4. The monoisotopic (exact) mass is 514 g/mol. The first-order chi connectivity index (χ1) is 16.8. The van der Waals surface area contributed by atoms with Crippen molar-refractivity contribution < 1.29 is 0 Å². The van der Waals surface area contributed by atoms with E-state index in [-0.39, 0.29) is 12.3 Å². The summed E-state index contributed by atoms with van der Waals surface area (Å²) in [5, 5.41) is 9.52. The summed E-state index contributed by atoms with van der Waals surface area (Å²) >= 11 is 3.64. The highest BCUT2D eigenvalue weighted by molar-refractivity contribution is 7.12. The lowest BCUT2D eigenvalue weighted by atomic mass is 10.2. The van der Waals surface area contributed by atoms with E-state index in [1.54, 1.807) is 0 Å². The standard InChI is InChI=1S/C23H34N10S2/c1-14-4-6-17(34-14)8-11-26-22-30-19(29-21(25)31-22)10-13-33(12-9-18-7-5-15(2)35-18)23-28-16(3)27-20(24)32-23/h4-7,16,19H,8-13H2,1-3H3,(H3,24,27,28,32)(H4,25,26,29,30,31). The van der Waals surface area contributed by atoms with E-state index in [1.165, 1.54) is 19.5 Å². The quantitative estimate of drug-likeness (QED) is 0.345. The molecule has 10 nitrogen and oxygen atoms in total. The van der Waals surface area contributed by atoms with Crippen LogP contribution in [-0.2, 0) is 12.8 Å². The minimum absolute atomic E-state index is 0.216. The molecular weight excluding hydrogens is 480 g/mol. The van der Waals surface area contributed by atoms with Crippen LogP contribution in [0.15, 0.2) is 44.2 Å². The molecule has 2 aromatic heterocycles. The zero-order valence-electron chi connectivity index (χ0n) is 20.4. The third-order valence-corrected chi connectivity index (χ3v) is 7.65. The number of rotatable bonds is 9. The van der Waals surface area contributed by atoms with Gasteiger partial charge in [0, 0.05) is 45.6 Å². The average Bonchev–Trinajstić information content (AvgIpc) is 3.40. The van der Waals surface area contributed by atoms with Crippen molar-refractivity contribution in [3.8, 4) is 0 Å². The molecule has 7 N–H and O–H groups in total. The summed E-state index contributed by atoms with van der Waals surface area (Å²) in [6, 6.07) is 8.66. The van der Waals surface area contributed by atoms with Crippen LogP contribution < -0.4 is 27.4 Å². The summed E-state index contributed by atoms with van der Waals surface area (Å²) in [6.45, 7) is 8.44. The molecule has 12 heteroatoms. The van der Waals surface area contributed by atoms with E-state index in [0.717, 1.165) is 31.9 Å². The fourth-order valence-electron chi connectivity index (χ4n) is 3.87. The van der Waals surface area contributed by atoms with Crippen LogP contribution in [0.5, 0.6) is 0 Å². The van der Waals surface area contributed by atoms with Crippen molar-refractivity contribution in [1.29, 1.82) is 0 Å². The molecule has 0 fully saturated rings. The fraction of sp³-hybridized carbons (Fsp3) is 0.478. The molecule has 0 radical (unpaired) electrons. The van der Waals surface area contributed by atoms with Gasteiger partial charge in [0.25, 0.3) is 0 Å². The SMILES string of the molecule is Cc1ccc(CCNC2=NC(CCN(CCc3ccc(C)s3)C3=NC(C)N=C(N)N3)N=C(N)N2)s1. The molecule has 35 heavy (non-hydrogen) atoms. The number of hydrogen-bond acceptors (Lipinski definition) is 12. The summed E-state index contributed by atoms with van der Waals surface area (Å²) in [4.78, 5) is 25.7. The van der Waals surface area contributed by atoms with Gasteiger partial charge < -0.3 is 21.7 Å². The number of thiophene rings is 2. The Balaban J connectivity index is 1.36. The largest absolute Gasteiger partial charge is 0.370 e. The number of nitrogens with two attached hydrogens (primary N) is 2. The van der Waals surface area contributed by atoms with E-state index >= 15 is 0 Å². The lowest BCUT2D eigenvalue weighted by Crippen LogP contribution is -2.51. The van der Waals surface area contributed by atoms with E-state index in [2.05, 4.69) is 73.9 Å². The van der Waals surface area contributed by atoms with E-state index in [1.807, 2.05) is 29.6 Å². The Hall–Kier alpha value is -3.12. The maximum atomic E-state index is 6.06. The van der Waals surface area contributed by atoms with Crippen LogP contribution >= 0.6 is 22.7 Å². The van der Waals surface area contributed by atoms with Crippen molar-refractivity contribution in [3.63, 3.8) is 0 Å². The lowest BCUT2D eigenvalue weighted by molar-refractivity contribution is 0.384. The predicted octanol–water partition coefficient (Wildman–Crippen LogP) is 1.71. The second-order valence-corrected chi connectivity index (χ2v) is 11.3. The lowest BCUT2D eigenvalue weighted by Gasteiger charge is -2.30. The molecule has 0 aromatic carbocycles. The van der Waals surface area contributed by atoms with Gasteiger partial charge in [-0.2, -0.15) is 0 Å². The summed E-state index contributed by atoms with van der Waals surface area (Å²) in [7, 11) is 0. The van der Waals surface area contributed by atoms with Crippen molar-refractivity contribution >= 4 is 46.5 Å². The van der Waals surface area contributed by atoms with E-state index in [0.29, 0.717) is 30.8 Å². The van der Waals surface area contributed by atoms with Crippen molar-refractivity contribution in [2.24, 2.45) is 31.4 Å². The Labute approximate surface area is 214 Å². The molecule has 188 valence electrons. The predicted molar refractivity (Wildman–Crippen MR) is 147 cm³/mol. The fourth-order valence-corrected chi connectivity index (χ4v) is 5.64. The van der Waals surface area contributed by atoms with Crippen molar-refractivity contribution in [1.82, 2.24) is 20.9 Å². The van der Waals surface area contributed by atoms with Crippen LogP contribution in [0.25, 0.3) is 0 Å². The molecule has 0 spiro atoms. The summed E-state index contributed by atoms with van der Waals surface area (Å²) in [5.74, 6) is 2.15. The number of hydrogen-bond donors (Lipinski definition) is 5. The molecule has 4 rings (SSSR count). The van der Waals surface area contributed by atoms with E-state index < -0.39 is 0 Å². The van der Waals surface area contributed by atoms with Crippen molar-refractivity contribution in [2.45, 2.75) is 52.4 Å². The smallest absolute Gasteiger partial charge is 0.202 e. The van der Waals surface area contributed by atoms with Gasteiger partial charge in [0.05, 0.1) is 0 Å². The number of nitrogens with zero attached hydrogens (tertiary/aromatic N) is 5. The molecule has 4 heterocycles. The Kier molecular flexibility index (Phi) is 8.24. The van der Waals surface area contributed by atoms with Crippen LogP contribution in [0.2, 0.25) is 0 Å². The minimum Gasteiger partial charge on any atom is -0.370 e. The molecule has 0 bridgehead atoms. The van der Waals surface area contributed by atoms with E-state index in [9.17, 15) is 0 Å². The average molecular weight is 515 g/mol. The van der Waals surface area contributed by atoms with Crippen LogP contribution in [0.3, 0.4) is 0 Å². The van der Waals surface area contributed by atoms with Crippen LogP contribution in [0.4, 0.5) is 0 Å². The zero-order chi connectivity index (χ0) is 24.8. The van der Waals surface area contributed by atoms with Crippen LogP contribution in [0.1, 0.15) is 32.9 Å². The Morgan fingerprint density at radius 2 is 1.57 bits per heavy atom. The summed E-state index contributed by atoms with van der Waals surface area (Å²) in [5.41, 5.74) is 12.1. The third-order valence-electron chi connectivity index (χ3n) is 5.53. The van der Waals surface area contributed by atoms with Gasteiger partial charge in [0.15, 0.2) is 17.9 Å². The maximum Gasteiger partial charge on any atom is 0.202 e. The van der Waals surface area contributed by atoms with E-state index in [4.69, 9.17) is 16.5 Å². The summed E-state index contributed by atoms with van der Waals surface area (Å²) in [6.07, 6.45) is 2.05. The highest BCUT2D eigenvalue weighted by Gasteiger charge is 2.21. The van der Waals surface area contributed by atoms with Gasteiger partial charge in [0.1, 0.15) is 12.3 Å². The molecule has 0 amide bonds. The van der Waals surface area contributed by atoms with Gasteiger partial charge in [-0.3, -0.25) is 10.6 Å². The second-order valence-electron chi connectivity index (χ2n) is 8.55. The van der Waals surface area contributed by atoms with Gasteiger partial charge in [-0.1, -0.05) is 0 Å².